The Hall–Kier alpha value is -1.80. The van der Waals surface area contributed by atoms with Gasteiger partial charge in [-0.15, -0.1) is 0 Å². The Kier molecular flexibility index (Phi) is 2.67. The molecule has 80 valence electrons. The molecule has 0 aliphatic carbocycles. The van der Waals surface area contributed by atoms with Crippen molar-refractivity contribution in [2.45, 2.75) is 6.92 Å². The Morgan fingerprint density at radius 3 is 2.75 bits per heavy atom. The van der Waals surface area contributed by atoms with Gasteiger partial charge in [0.25, 0.3) is 0 Å². The second-order valence-electron chi connectivity index (χ2n) is 3.42. The van der Waals surface area contributed by atoms with Gasteiger partial charge < -0.3 is 5.73 Å². The van der Waals surface area contributed by atoms with E-state index < -0.39 is 0 Å². The molecule has 0 atom stereocenters. The zero-order valence-electron chi connectivity index (χ0n) is 8.61. The van der Waals surface area contributed by atoms with Crippen LogP contribution < -0.4 is 5.73 Å². The van der Waals surface area contributed by atoms with Crippen molar-refractivity contribution in [1.82, 2.24) is 9.78 Å². The van der Waals surface area contributed by atoms with Crippen molar-refractivity contribution < 1.29 is 0 Å². The maximum Gasteiger partial charge on any atom is 0.148 e. The minimum atomic E-state index is 0.510. The van der Waals surface area contributed by atoms with Crippen LogP contribution in [0.5, 0.6) is 0 Å². The number of nitrogens with two attached hydrogens (primary N) is 1. The van der Waals surface area contributed by atoms with E-state index in [0.29, 0.717) is 11.4 Å². The lowest BCUT2D eigenvalue weighted by Crippen LogP contribution is -1.97. The molecular weight excluding hydrogens is 268 g/mol. The topological polar surface area (TPSA) is 67.6 Å². The zero-order chi connectivity index (χ0) is 11.7. The summed E-state index contributed by atoms with van der Waals surface area (Å²) >= 11 is 3.41. The fourth-order valence-corrected chi connectivity index (χ4v) is 1.92. The molecule has 0 bridgehead atoms. The highest BCUT2D eigenvalue weighted by molar-refractivity contribution is 9.10. The molecule has 16 heavy (non-hydrogen) atoms. The summed E-state index contributed by atoms with van der Waals surface area (Å²) in [6.45, 7) is 1.90. The van der Waals surface area contributed by atoms with Crippen LogP contribution in [0.2, 0.25) is 0 Å². The van der Waals surface area contributed by atoms with Gasteiger partial charge in [0.15, 0.2) is 0 Å². The predicted octanol–water partition coefficient (Wildman–Crippen LogP) is 2.40. The third kappa shape index (κ3) is 1.79. The number of aryl methyl sites for hydroxylation is 1. The van der Waals surface area contributed by atoms with E-state index >= 15 is 0 Å². The molecular formula is C11H9BrN4. The largest absolute Gasteiger partial charge is 0.382 e. The molecule has 0 amide bonds. The molecule has 2 rings (SSSR count). The van der Waals surface area contributed by atoms with Crippen molar-refractivity contribution >= 4 is 21.7 Å². The Morgan fingerprint density at radius 2 is 2.25 bits per heavy atom. The quantitative estimate of drug-likeness (QED) is 0.870. The first-order valence-electron chi connectivity index (χ1n) is 4.63. The SMILES string of the molecule is Cc1cn(-c2ccc(C#N)cc2Br)nc1N. The average molecular weight is 277 g/mol. The van der Waals surface area contributed by atoms with E-state index in [0.717, 1.165) is 15.7 Å². The van der Waals surface area contributed by atoms with Gasteiger partial charge in [-0.1, -0.05) is 0 Å². The van der Waals surface area contributed by atoms with Gasteiger partial charge in [-0.2, -0.15) is 10.4 Å². The highest BCUT2D eigenvalue weighted by atomic mass is 79.9. The van der Waals surface area contributed by atoms with E-state index in [1.807, 2.05) is 19.2 Å². The highest BCUT2D eigenvalue weighted by Gasteiger charge is 2.07. The summed E-state index contributed by atoms with van der Waals surface area (Å²) in [4.78, 5) is 0. The van der Waals surface area contributed by atoms with Gasteiger partial charge >= 0.3 is 0 Å². The number of rotatable bonds is 1. The molecule has 4 nitrogen and oxygen atoms in total. The van der Waals surface area contributed by atoms with Crippen molar-refractivity contribution in [3.63, 3.8) is 0 Å². The summed E-state index contributed by atoms with van der Waals surface area (Å²) in [6, 6.07) is 7.40. The lowest BCUT2D eigenvalue weighted by molar-refractivity contribution is 0.881. The number of aromatic nitrogens is 2. The Bertz CT molecular complexity index is 561. The van der Waals surface area contributed by atoms with Gasteiger partial charge in [-0.05, 0) is 41.1 Å². The van der Waals surface area contributed by atoms with Gasteiger partial charge in [0.1, 0.15) is 5.82 Å². The molecule has 2 N–H and O–H groups in total. The van der Waals surface area contributed by atoms with Crippen LogP contribution >= 0.6 is 15.9 Å². The zero-order valence-corrected chi connectivity index (χ0v) is 10.2. The average Bonchev–Trinajstić information content (AvgIpc) is 2.58. The van der Waals surface area contributed by atoms with Crippen LogP contribution in [0.3, 0.4) is 0 Å². The smallest absolute Gasteiger partial charge is 0.148 e. The van der Waals surface area contributed by atoms with Crippen LogP contribution in [0.25, 0.3) is 5.69 Å². The van der Waals surface area contributed by atoms with E-state index in [1.165, 1.54) is 0 Å². The van der Waals surface area contributed by atoms with E-state index in [4.69, 9.17) is 11.0 Å². The number of nitrogens with zero attached hydrogens (tertiary/aromatic N) is 3. The first kappa shape index (κ1) is 10.7. The Morgan fingerprint density at radius 1 is 1.50 bits per heavy atom. The lowest BCUT2D eigenvalue weighted by Gasteiger charge is -2.04. The van der Waals surface area contributed by atoms with Crippen LogP contribution in [0.15, 0.2) is 28.9 Å². The first-order chi connectivity index (χ1) is 7.61. The standard InChI is InChI=1S/C11H9BrN4/c1-7-6-16(15-11(7)14)10-3-2-8(5-13)4-9(10)12/h2-4,6H,1H3,(H2,14,15). The second-order valence-corrected chi connectivity index (χ2v) is 4.27. The molecule has 0 saturated carbocycles. The molecule has 0 unspecified atom stereocenters. The molecule has 0 spiro atoms. The highest BCUT2D eigenvalue weighted by Crippen LogP contribution is 2.23. The number of hydrogen-bond acceptors (Lipinski definition) is 3. The van der Waals surface area contributed by atoms with E-state index in [1.54, 1.807) is 16.8 Å². The Labute approximate surface area is 101 Å². The van der Waals surface area contributed by atoms with Crippen LogP contribution in [-0.2, 0) is 0 Å². The summed E-state index contributed by atoms with van der Waals surface area (Å²) < 4.78 is 2.50. The number of nitrogen functional groups attached to an aromatic ring is 1. The molecule has 1 aromatic heterocycles. The van der Waals surface area contributed by atoms with Crippen LogP contribution in [0.4, 0.5) is 5.82 Å². The van der Waals surface area contributed by atoms with E-state index in [2.05, 4.69) is 27.1 Å². The summed E-state index contributed by atoms with van der Waals surface area (Å²) in [6.07, 6.45) is 1.85. The predicted molar refractivity (Wildman–Crippen MR) is 65.1 cm³/mol. The molecule has 0 radical (unpaired) electrons. The molecule has 0 saturated heterocycles. The lowest BCUT2D eigenvalue weighted by atomic mass is 10.2. The molecule has 1 aromatic carbocycles. The van der Waals surface area contributed by atoms with Gasteiger partial charge in [-0.25, -0.2) is 4.68 Å². The normalized spacial score (nSPS) is 10.1. The maximum absolute atomic E-state index is 8.76. The fourth-order valence-electron chi connectivity index (χ4n) is 1.36. The van der Waals surface area contributed by atoms with Crippen molar-refractivity contribution in [1.29, 1.82) is 5.26 Å². The van der Waals surface area contributed by atoms with E-state index in [9.17, 15) is 0 Å². The number of nitriles is 1. The number of hydrogen-bond donors (Lipinski definition) is 1. The van der Waals surface area contributed by atoms with Crippen molar-refractivity contribution in [2.24, 2.45) is 0 Å². The summed E-state index contributed by atoms with van der Waals surface area (Å²) in [5, 5.41) is 12.9. The van der Waals surface area contributed by atoms with Crippen LogP contribution in [0.1, 0.15) is 11.1 Å². The van der Waals surface area contributed by atoms with Crippen LogP contribution in [0, 0.1) is 18.3 Å². The van der Waals surface area contributed by atoms with Crippen molar-refractivity contribution in [3.8, 4) is 11.8 Å². The molecule has 5 heteroatoms. The molecule has 0 fully saturated rings. The van der Waals surface area contributed by atoms with Crippen molar-refractivity contribution in [3.05, 3.63) is 40.0 Å². The summed E-state index contributed by atoms with van der Waals surface area (Å²) in [7, 11) is 0. The molecule has 0 aliphatic rings. The number of anilines is 1. The van der Waals surface area contributed by atoms with Crippen LogP contribution in [-0.4, -0.2) is 9.78 Å². The number of halogens is 1. The van der Waals surface area contributed by atoms with Gasteiger partial charge in [0, 0.05) is 16.2 Å². The Balaban J connectivity index is 2.53. The molecule has 1 heterocycles. The molecule has 2 aromatic rings. The minimum absolute atomic E-state index is 0.510. The fraction of sp³-hybridized carbons (Fsp3) is 0.0909. The second kappa shape index (κ2) is 3.99. The van der Waals surface area contributed by atoms with Gasteiger partial charge in [-0.3, -0.25) is 0 Å². The minimum Gasteiger partial charge on any atom is -0.382 e. The number of benzene rings is 1. The van der Waals surface area contributed by atoms with Gasteiger partial charge in [0.05, 0.1) is 17.3 Å². The first-order valence-corrected chi connectivity index (χ1v) is 5.43. The summed E-state index contributed by atoms with van der Waals surface area (Å²) in [5.41, 5.74) is 8.08. The third-order valence-corrected chi connectivity index (χ3v) is 2.89. The van der Waals surface area contributed by atoms with E-state index in [-0.39, 0.29) is 0 Å². The summed E-state index contributed by atoms with van der Waals surface area (Å²) in [5.74, 6) is 0.510. The van der Waals surface area contributed by atoms with Gasteiger partial charge in [0.2, 0.25) is 0 Å². The maximum atomic E-state index is 8.76. The molecule has 0 aliphatic heterocycles. The monoisotopic (exact) mass is 276 g/mol. The van der Waals surface area contributed by atoms with Crippen molar-refractivity contribution in [2.75, 3.05) is 5.73 Å². The third-order valence-electron chi connectivity index (χ3n) is 2.26.